The van der Waals surface area contributed by atoms with Crippen LogP contribution < -0.4 is 0 Å². The first-order valence-electron chi connectivity index (χ1n) is 13.3. The molecule has 4 rings (SSSR count). The Balaban J connectivity index is 1.35. The van der Waals surface area contributed by atoms with E-state index in [1.165, 1.54) is 57.8 Å². The average Bonchev–Trinajstić information content (AvgIpc) is 3.12. The molecule has 34 heavy (non-hydrogen) atoms. The van der Waals surface area contributed by atoms with Crippen molar-refractivity contribution in [1.29, 1.82) is 0 Å². The number of carbonyl (C=O) groups excluding carboxylic acids is 1. The van der Waals surface area contributed by atoms with Crippen molar-refractivity contribution in [3.63, 3.8) is 0 Å². The van der Waals surface area contributed by atoms with E-state index >= 15 is 0 Å². The fraction of sp³-hybridized carbons (Fsp3) is 0.962. The Morgan fingerprint density at radius 3 is 2.44 bits per heavy atom. The second kappa shape index (κ2) is 9.28. The average molecular weight is 505 g/mol. The number of halogens is 2. The Hall–Kier alpha value is -0.760. The summed E-state index contributed by atoms with van der Waals surface area (Å²) in [5.41, 5.74) is 0.778. The van der Waals surface area contributed by atoms with E-state index < -0.39 is 27.9 Å². The highest BCUT2D eigenvalue weighted by Crippen LogP contribution is 2.68. The van der Waals surface area contributed by atoms with Gasteiger partial charge in [-0.25, -0.2) is 0 Å². The van der Waals surface area contributed by atoms with Crippen LogP contribution >= 0.6 is 0 Å². The summed E-state index contributed by atoms with van der Waals surface area (Å²) < 4.78 is 61.1. The lowest BCUT2D eigenvalue weighted by Crippen LogP contribution is -2.53. The van der Waals surface area contributed by atoms with Crippen molar-refractivity contribution in [2.45, 2.75) is 103 Å². The summed E-state index contributed by atoms with van der Waals surface area (Å²) in [5, 5.41) is -4.48. The summed E-state index contributed by atoms with van der Waals surface area (Å²) in [6, 6.07) is 0. The molecule has 0 saturated heterocycles. The molecule has 0 heterocycles. The SMILES string of the molecule is C[C@H](CCC(=O)OCC(F)(F)S(=O)(=O)O)[C@H]1CC[C@H]2[C@@H]3CC[C@@H]4CCCC[C@]4(C)[C@H]3CC[C@]12C. The standard InChI is InChI=1S/C26H42F2O5S/c1-17(7-12-23(29)33-16-26(27,28)34(30,31)32)20-10-11-21-19-9-8-18-6-4-5-14-24(18,2)22(19)13-15-25(20,21)3/h17-22H,4-16H2,1-3H3,(H,30,31,32)/t17-,18+,19+,20-,21+,22+,24+,25-/m1/s1. The number of hydrogen-bond acceptors (Lipinski definition) is 4. The first kappa shape index (κ1) is 26.3. The lowest BCUT2D eigenvalue weighted by atomic mass is 9.44. The minimum absolute atomic E-state index is 0.0220. The molecule has 0 aliphatic heterocycles. The summed E-state index contributed by atoms with van der Waals surface area (Å²) in [6.07, 6.45) is 13.8. The first-order chi connectivity index (χ1) is 15.8. The molecule has 4 aliphatic carbocycles. The van der Waals surface area contributed by atoms with Crippen molar-refractivity contribution < 1.29 is 31.3 Å². The Morgan fingerprint density at radius 1 is 1.03 bits per heavy atom. The topological polar surface area (TPSA) is 80.7 Å². The maximum Gasteiger partial charge on any atom is 0.402 e. The second-order valence-electron chi connectivity index (χ2n) is 12.4. The van der Waals surface area contributed by atoms with Crippen LogP contribution in [0.15, 0.2) is 0 Å². The van der Waals surface area contributed by atoms with Crippen molar-refractivity contribution in [3.8, 4) is 0 Å². The monoisotopic (exact) mass is 504 g/mol. The van der Waals surface area contributed by atoms with E-state index in [-0.39, 0.29) is 17.8 Å². The Kier molecular flexibility index (Phi) is 7.18. The number of esters is 1. The minimum atomic E-state index is -5.60. The molecule has 1 N–H and O–H groups in total. The number of rotatable bonds is 7. The van der Waals surface area contributed by atoms with Gasteiger partial charge in [-0.2, -0.15) is 17.2 Å². The summed E-state index contributed by atoms with van der Waals surface area (Å²) in [4.78, 5) is 12.0. The zero-order chi connectivity index (χ0) is 24.9. The van der Waals surface area contributed by atoms with Gasteiger partial charge in [0.25, 0.3) is 0 Å². The van der Waals surface area contributed by atoms with Gasteiger partial charge in [0.15, 0.2) is 6.61 Å². The lowest BCUT2D eigenvalue weighted by molar-refractivity contribution is -0.150. The second-order valence-corrected chi connectivity index (χ2v) is 14.0. The van der Waals surface area contributed by atoms with Crippen molar-refractivity contribution in [2.24, 2.45) is 46.3 Å². The molecule has 4 fully saturated rings. The highest BCUT2D eigenvalue weighted by Gasteiger charge is 2.60. The molecule has 196 valence electrons. The van der Waals surface area contributed by atoms with Crippen LogP contribution in [-0.2, 0) is 19.6 Å². The van der Waals surface area contributed by atoms with Crippen LogP contribution in [0.3, 0.4) is 0 Å². The van der Waals surface area contributed by atoms with Crippen LogP contribution in [0.2, 0.25) is 0 Å². The van der Waals surface area contributed by atoms with Gasteiger partial charge >= 0.3 is 21.3 Å². The maximum atomic E-state index is 13.3. The Bertz CT molecular complexity index is 876. The normalized spacial score (nSPS) is 41.2. The largest absolute Gasteiger partial charge is 0.458 e. The van der Waals surface area contributed by atoms with Crippen molar-refractivity contribution in [3.05, 3.63) is 0 Å². The number of hydrogen-bond donors (Lipinski definition) is 1. The number of carbonyl (C=O) groups is 1. The Labute approximate surface area is 203 Å². The molecular weight excluding hydrogens is 462 g/mol. The molecule has 0 aromatic carbocycles. The van der Waals surface area contributed by atoms with Gasteiger partial charge in [-0.05, 0) is 104 Å². The number of ether oxygens (including phenoxy) is 1. The van der Waals surface area contributed by atoms with E-state index in [9.17, 15) is 22.0 Å². The van der Waals surface area contributed by atoms with Gasteiger partial charge < -0.3 is 4.74 Å². The van der Waals surface area contributed by atoms with Gasteiger partial charge in [-0.3, -0.25) is 9.35 Å². The molecule has 4 aliphatic rings. The molecule has 5 nitrogen and oxygen atoms in total. The summed E-state index contributed by atoms with van der Waals surface area (Å²) in [7, 11) is -5.60. The van der Waals surface area contributed by atoms with E-state index in [2.05, 4.69) is 25.5 Å². The number of alkyl halides is 2. The van der Waals surface area contributed by atoms with Crippen LogP contribution in [0, 0.1) is 46.3 Å². The predicted molar refractivity (Wildman–Crippen MR) is 126 cm³/mol. The van der Waals surface area contributed by atoms with Gasteiger partial charge in [0.05, 0.1) is 0 Å². The van der Waals surface area contributed by atoms with Crippen molar-refractivity contribution in [2.75, 3.05) is 6.61 Å². The highest BCUT2D eigenvalue weighted by atomic mass is 32.2. The first-order valence-corrected chi connectivity index (χ1v) is 14.7. The minimum Gasteiger partial charge on any atom is -0.458 e. The van der Waals surface area contributed by atoms with Gasteiger partial charge in [0, 0.05) is 6.42 Å². The molecule has 0 spiro atoms. The predicted octanol–water partition coefficient (Wildman–Crippen LogP) is 6.48. The molecule has 0 aromatic heterocycles. The molecule has 8 heteroatoms. The van der Waals surface area contributed by atoms with Gasteiger partial charge in [0.1, 0.15) is 0 Å². The molecular formula is C26H42F2O5S. The fourth-order valence-corrected chi connectivity index (χ4v) is 9.34. The van der Waals surface area contributed by atoms with E-state index in [0.29, 0.717) is 17.8 Å². The summed E-state index contributed by atoms with van der Waals surface area (Å²) >= 11 is 0. The van der Waals surface area contributed by atoms with E-state index in [1.807, 2.05) is 0 Å². The maximum absolute atomic E-state index is 13.3. The molecule has 0 aromatic rings. The lowest BCUT2D eigenvalue weighted by Gasteiger charge is -2.61. The molecule has 4 saturated carbocycles. The molecule has 0 bridgehead atoms. The summed E-state index contributed by atoms with van der Waals surface area (Å²) in [6.45, 7) is 5.56. The Morgan fingerprint density at radius 2 is 1.74 bits per heavy atom. The van der Waals surface area contributed by atoms with Gasteiger partial charge in [0.2, 0.25) is 0 Å². The van der Waals surface area contributed by atoms with Crippen molar-refractivity contribution >= 4 is 16.1 Å². The van der Waals surface area contributed by atoms with E-state index in [4.69, 9.17) is 4.55 Å². The number of fused-ring (bicyclic) bond motifs is 5. The molecule has 0 radical (unpaired) electrons. The molecule has 0 amide bonds. The molecule has 8 atom stereocenters. The zero-order valence-corrected chi connectivity index (χ0v) is 21.7. The summed E-state index contributed by atoms with van der Waals surface area (Å²) in [5.74, 6) is 3.22. The van der Waals surface area contributed by atoms with Gasteiger partial charge in [-0.15, -0.1) is 0 Å². The zero-order valence-electron chi connectivity index (χ0n) is 20.9. The van der Waals surface area contributed by atoms with Crippen LogP contribution in [0.25, 0.3) is 0 Å². The van der Waals surface area contributed by atoms with Crippen LogP contribution in [0.5, 0.6) is 0 Å². The smallest absolute Gasteiger partial charge is 0.402 e. The van der Waals surface area contributed by atoms with Crippen molar-refractivity contribution in [1.82, 2.24) is 0 Å². The van der Waals surface area contributed by atoms with Gasteiger partial charge in [-0.1, -0.05) is 33.6 Å². The van der Waals surface area contributed by atoms with Crippen LogP contribution in [0.1, 0.15) is 97.8 Å². The highest BCUT2D eigenvalue weighted by molar-refractivity contribution is 7.86. The van der Waals surface area contributed by atoms with E-state index in [1.54, 1.807) is 0 Å². The third-order valence-electron chi connectivity index (χ3n) is 10.9. The molecule has 0 unspecified atom stereocenters. The van der Waals surface area contributed by atoms with E-state index in [0.717, 1.165) is 30.1 Å². The van der Waals surface area contributed by atoms with Crippen LogP contribution in [0.4, 0.5) is 8.78 Å². The third kappa shape index (κ3) is 4.55. The van der Waals surface area contributed by atoms with Crippen LogP contribution in [-0.4, -0.2) is 30.8 Å². The third-order valence-corrected chi connectivity index (χ3v) is 11.8. The fourth-order valence-electron chi connectivity index (χ4n) is 9.13. The quantitative estimate of drug-likeness (QED) is 0.317.